The number of ether oxygens (including phenoxy) is 2. The van der Waals surface area contributed by atoms with Crippen molar-refractivity contribution < 1.29 is 58.4 Å². The van der Waals surface area contributed by atoms with Gasteiger partial charge in [-0.2, -0.15) is 34.8 Å². The molecule has 0 aromatic heterocycles. The van der Waals surface area contributed by atoms with Gasteiger partial charge in [-0.1, -0.05) is 29.5 Å². The van der Waals surface area contributed by atoms with Gasteiger partial charge in [0, 0.05) is 6.42 Å². The molecule has 196 valence electrons. The molecule has 4 saturated carbocycles. The van der Waals surface area contributed by atoms with Crippen molar-refractivity contribution >= 4 is 44.6 Å². The van der Waals surface area contributed by atoms with E-state index in [0.717, 1.165) is 0 Å². The summed E-state index contributed by atoms with van der Waals surface area (Å²) >= 11 is 1.86. The number of carbonyl (C=O) groups excluding carboxylic acids is 2. The maximum Gasteiger partial charge on any atom is 0.438 e. The summed E-state index contributed by atoms with van der Waals surface area (Å²) in [6.07, 6.45) is -11.6. The van der Waals surface area contributed by atoms with Gasteiger partial charge in [-0.3, -0.25) is 14.1 Å². The van der Waals surface area contributed by atoms with Gasteiger partial charge in [0.25, 0.3) is 10.1 Å². The van der Waals surface area contributed by atoms with Crippen LogP contribution in [0, 0.1) is 17.3 Å². The second kappa shape index (κ2) is 8.63. The molecule has 4 fully saturated rings. The monoisotopic (exact) mass is 636 g/mol. The Morgan fingerprint density at radius 3 is 1.97 bits per heavy atom. The molecule has 0 heterocycles. The third-order valence-corrected chi connectivity index (χ3v) is 9.10. The second-order valence-electron chi connectivity index (χ2n) is 9.66. The second-order valence-corrected chi connectivity index (χ2v) is 12.6. The van der Waals surface area contributed by atoms with E-state index in [0.29, 0.717) is 25.7 Å². The van der Waals surface area contributed by atoms with Gasteiger partial charge < -0.3 is 9.47 Å². The zero-order chi connectivity index (χ0) is 26.0. The molecule has 0 amide bonds. The molecule has 34 heavy (non-hydrogen) atoms. The van der Waals surface area contributed by atoms with Crippen LogP contribution in [-0.4, -0.2) is 58.1 Å². The predicted molar refractivity (Wildman–Crippen MR) is 111 cm³/mol. The number of rotatable bonds is 7. The first-order valence-corrected chi connectivity index (χ1v) is 13.3. The first kappa shape index (κ1) is 27.7. The average molecular weight is 636 g/mol. The van der Waals surface area contributed by atoms with Gasteiger partial charge in [0.05, 0.1) is 5.41 Å². The quantitative estimate of drug-likeness (QED) is 0.145. The summed E-state index contributed by atoms with van der Waals surface area (Å²) in [7, 11) is -5.88. The SMILES string of the molecule is CCC(I)C(=O)OC12CC3CC(C1)CC(C(=O)OC(CS(=O)(=O)O)(C(F)(F)F)C(F)(F)F)(C3)C2. The number of halogens is 7. The van der Waals surface area contributed by atoms with Crippen LogP contribution in [0.25, 0.3) is 0 Å². The molecule has 4 aliphatic carbocycles. The van der Waals surface area contributed by atoms with E-state index in [4.69, 9.17) is 9.29 Å². The standard InChI is InChI=1S/C19H23F6IO7S/c1-2-12(26)13(27)32-16-6-10-3-11(7-16)5-15(4-10,8-16)14(28)33-17(18(20,21)22,19(23,24)25)9-34(29,30)31/h10-12H,2-9H2,1H3,(H,29,30,31). The van der Waals surface area contributed by atoms with E-state index in [1.807, 2.05) is 22.6 Å². The van der Waals surface area contributed by atoms with Crippen molar-refractivity contribution in [3.63, 3.8) is 0 Å². The van der Waals surface area contributed by atoms with Crippen molar-refractivity contribution in [2.45, 2.75) is 79.3 Å². The minimum Gasteiger partial charge on any atom is -0.458 e. The molecule has 7 nitrogen and oxygen atoms in total. The Bertz CT molecular complexity index is 920. The zero-order valence-corrected chi connectivity index (χ0v) is 20.8. The van der Waals surface area contributed by atoms with Crippen LogP contribution in [0.3, 0.4) is 0 Å². The van der Waals surface area contributed by atoms with Gasteiger partial charge in [0.2, 0.25) is 0 Å². The fraction of sp³-hybridized carbons (Fsp3) is 0.895. The Labute approximate surface area is 205 Å². The smallest absolute Gasteiger partial charge is 0.438 e. The summed E-state index contributed by atoms with van der Waals surface area (Å²) in [6, 6.07) is 0. The highest BCUT2D eigenvalue weighted by Gasteiger charge is 2.77. The zero-order valence-electron chi connectivity index (χ0n) is 17.8. The highest BCUT2D eigenvalue weighted by Crippen LogP contribution is 2.64. The average Bonchev–Trinajstić information content (AvgIpc) is 2.62. The Kier molecular flexibility index (Phi) is 7.04. The first-order valence-electron chi connectivity index (χ1n) is 10.5. The Morgan fingerprint density at radius 2 is 1.56 bits per heavy atom. The highest BCUT2D eigenvalue weighted by atomic mass is 127. The molecule has 15 heteroatoms. The molecule has 0 saturated heterocycles. The van der Waals surface area contributed by atoms with Crippen LogP contribution in [0.5, 0.6) is 0 Å². The van der Waals surface area contributed by atoms with E-state index in [2.05, 4.69) is 4.74 Å². The van der Waals surface area contributed by atoms with Gasteiger partial charge in [-0.05, 0) is 50.4 Å². The van der Waals surface area contributed by atoms with Gasteiger partial charge in [-0.15, -0.1) is 0 Å². The molecule has 4 aliphatic rings. The van der Waals surface area contributed by atoms with Crippen LogP contribution in [0.1, 0.15) is 51.9 Å². The van der Waals surface area contributed by atoms with Crippen molar-refractivity contribution in [2.24, 2.45) is 17.3 Å². The molecule has 3 atom stereocenters. The van der Waals surface area contributed by atoms with E-state index in [9.17, 15) is 44.3 Å². The third kappa shape index (κ3) is 5.02. The number of alkyl halides is 7. The molecule has 0 aromatic rings. The van der Waals surface area contributed by atoms with Crippen LogP contribution < -0.4 is 0 Å². The van der Waals surface area contributed by atoms with Crippen LogP contribution in [-0.2, 0) is 29.2 Å². The number of hydrogen-bond donors (Lipinski definition) is 1. The first-order chi connectivity index (χ1) is 15.3. The minimum absolute atomic E-state index is 0.0687. The lowest BCUT2D eigenvalue weighted by Crippen LogP contribution is -2.66. The Morgan fingerprint density at radius 1 is 1.06 bits per heavy atom. The van der Waals surface area contributed by atoms with E-state index >= 15 is 0 Å². The minimum atomic E-state index is -6.39. The molecule has 4 rings (SSSR count). The van der Waals surface area contributed by atoms with E-state index in [1.54, 1.807) is 6.92 Å². The molecule has 4 bridgehead atoms. The molecule has 3 unspecified atom stereocenters. The lowest BCUT2D eigenvalue weighted by atomic mass is 9.48. The summed E-state index contributed by atoms with van der Waals surface area (Å²) in [6.45, 7) is 1.74. The lowest BCUT2D eigenvalue weighted by Gasteiger charge is -2.60. The summed E-state index contributed by atoms with van der Waals surface area (Å²) < 4.78 is 122. The maximum absolute atomic E-state index is 13.7. The normalized spacial score (nSPS) is 32.4. The van der Waals surface area contributed by atoms with Crippen LogP contribution in [0.2, 0.25) is 0 Å². The van der Waals surface area contributed by atoms with Gasteiger partial charge in [-0.25, -0.2) is 0 Å². The van der Waals surface area contributed by atoms with Crippen LogP contribution >= 0.6 is 22.6 Å². The topological polar surface area (TPSA) is 107 Å². The third-order valence-electron chi connectivity index (χ3n) is 6.94. The van der Waals surface area contributed by atoms with Crippen molar-refractivity contribution in [2.75, 3.05) is 5.75 Å². The van der Waals surface area contributed by atoms with Crippen LogP contribution in [0.15, 0.2) is 0 Å². The summed E-state index contributed by atoms with van der Waals surface area (Å²) in [5.41, 5.74) is -8.48. The highest BCUT2D eigenvalue weighted by molar-refractivity contribution is 14.1. The van der Waals surface area contributed by atoms with E-state index in [-0.39, 0.29) is 31.1 Å². The fourth-order valence-electron chi connectivity index (χ4n) is 5.97. The van der Waals surface area contributed by atoms with Crippen molar-refractivity contribution in [1.82, 2.24) is 0 Å². The number of hydrogen-bond acceptors (Lipinski definition) is 6. The Balaban J connectivity index is 1.98. The molecule has 1 N–H and O–H groups in total. The number of esters is 2. The van der Waals surface area contributed by atoms with E-state index < -0.39 is 60.7 Å². The van der Waals surface area contributed by atoms with Gasteiger partial charge in [0.15, 0.2) is 0 Å². The molecule has 0 aromatic carbocycles. The number of carbonyl (C=O) groups is 2. The summed E-state index contributed by atoms with van der Waals surface area (Å²) in [4.78, 5) is 25.5. The Hall–Kier alpha value is -0.840. The van der Waals surface area contributed by atoms with Crippen molar-refractivity contribution in [3.8, 4) is 0 Å². The predicted octanol–water partition coefficient (Wildman–Crippen LogP) is 4.38. The molecular formula is C19H23F6IO7S. The van der Waals surface area contributed by atoms with Gasteiger partial charge >= 0.3 is 29.9 Å². The van der Waals surface area contributed by atoms with E-state index in [1.165, 1.54) is 0 Å². The van der Waals surface area contributed by atoms with Gasteiger partial charge in [0.1, 0.15) is 15.3 Å². The van der Waals surface area contributed by atoms with Crippen LogP contribution in [0.4, 0.5) is 26.3 Å². The summed E-state index contributed by atoms with van der Waals surface area (Å²) in [5, 5.41) is 0. The molecule has 0 spiro atoms. The largest absolute Gasteiger partial charge is 0.458 e. The fourth-order valence-corrected chi connectivity index (χ4v) is 7.00. The lowest BCUT2D eigenvalue weighted by molar-refractivity contribution is -0.364. The molecule has 0 aliphatic heterocycles. The molecular weight excluding hydrogens is 613 g/mol. The van der Waals surface area contributed by atoms with Crippen molar-refractivity contribution in [3.05, 3.63) is 0 Å². The molecule has 0 radical (unpaired) electrons. The summed E-state index contributed by atoms with van der Waals surface area (Å²) in [5.74, 6) is -5.94. The van der Waals surface area contributed by atoms with Crippen molar-refractivity contribution in [1.29, 1.82) is 0 Å². The maximum atomic E-state index is 13.7.